The maximum atomic E-state index is 12.5. The highest BCUT2D eigenvalue weighted by Crippen LogP contribution is 2.24. The van der Waals surface area contributed by atoms with Crippen LogP contribution in [-0.2, 0) is 0 Å². The molecule has 0 aliphatic heterocycles. The second-order valence-corrected chi connectivity index (χ2v) is 6.28. The van der Waals surface area contributed by atoms with E-state index in [4.69, 9.17) is 11.6 Å². The molecule has 0 radical (unpaired) electrons. The van der Waals surface area contributed by atoms with Crippen molar-refractivity contribution in [3.63, 3.8) is 0 Å². The molecule has 11 heteroatoms. The number of carbonyl (C=O) groups excluding carboxylic acids is 1. The van der Waals surface area contributed by atoms with Crippen molar-refractivity contribution in [2.24, 2.45) is 0 Å². The van der Waals surface area contributed by atoms with Crippen molar-refractivity contribution in [3.8, 4) is 17.1 Å². The number of thiazole rings is 1. The molecule has 9 nitrogen and oxygen atoms in total. The van der Waals surface area contributed by atoms with E-state index < -0.39 is 5.91 Å². The van der Waals surface area contributed by atoms with Gasteiger partial charge in [-0.15, -0.1) is 16.4 Å². The van der Waals surface area contributed by atoms with Crippen molar-refractivity contribution >= 4 is 34.0 Å². The van der Waals surface area contributed by atoms with Crippen molar-refractivity contribution in [1.82, 2.24) is 34.9 Å². The van der Waals surface area contributed by atoms with Gasteiger partial charge in [0.05, 0.1) is 29.3 Å². The molecule has 4 rings (SSSR count). The number of hydrogen-bond acceptors (Lipinski definition) is 8. The van der Waals surface area contributed by atoms with Gasteiger partial charge < -0.3 is 0 Å². The SMILES string of the molecule is O=C(Nc1nc(-c2ccc(Cl)cn2)cs1)c1cnnn1-c1cncnc1. The largest absolute Gasteiger partial charge is 0.296 e. The van der Waals surface area contributed by atoms with Gasteiger partial charge in [0.2, 0.25) is 0 Å². The van der Waals surface area contributed by atoms with E-state index in [2.05, 4.69) is 35.6 Å². The Morgan fingerprint density at radius 3 is 2.73 bits per heavy atom. The number of aromatic nitrogens is 7. The zero-order valence-corrected chi connectivity index (χ0v) is 14.5. The molecule has 0 saturated carbocycles. The number of rotatable bonds is 4. The number of anilines is 1. The zero-order valence-electron chi connectivity index (χ0n) is 12.9. The summed E-state index contributed by atoms with van der Waals surface area (Å²) < 4.78 is 1.35. The molecule has 0 atom stereocenters. The van der Waals surface area contributed by atoms with Gasteiger partial charge in [-0.25, -0.2) is 19.6 Å². The van der Waals surface area contributed by atoms with E-state index >= 15 is 0 Å². The minimum Gasteiger partial charge on any atom is -0.296 e. The number of nitrogens with zero attached hydrogens (tertiary/aromatic N) is 7. The molecule has 0 unspecified atom stereocenters. The van der Waals surface area contributed by atoms with Crippen LogP contribution < -0.4 is 5.32 Å². The van der Waals surface area contributed by atoms with Crippen LogP contribution in [0.3, 0.4) is 0 Å². The smallest absolute Gasteiger partial charge is 0.277 e. The first kappa shape index (κ1) is 16.2. The first-order valence-corrected chi connectivity index (χ1v) is 8.51. The molecule has 0 aliphatic carbocycles. The number of carbonyl (C=O) groups is 1. The standard InChI is InChI=1S/C15H9ClN8OS/c16-9-1-2-11(19-3-9)12-7-26-15(21-12)22-14(25)13-6-20-23-24(13)10-4-17-8-18-5-10/h1-8H,(H,21,22,25). The molecule has 1 N–H and O–H groups in total. The second kappa shape index (κ2) is 6.94. The van der Waals surface area contributed by atoms with E-state index in [1.165, 1.54) is 40.9 Å². The first-order valence-electron chi connectivity index (χ1n) is 7.25. The lowest BCUT2D eigenvalue weighted by Gasteiger charge is -2.04. The van der Waals surface area contributed by atoms with E-state index in [9.17, 15) is 4.79 Å². The Bertz CT molecular complexity index is 1050. The van der Waals surface area contributed by atoms with Crippen LogP contribution >= 0.6 is 22.9 Å². The van der Waals surface area contributed by atoms with E-state index in [0.29, 0.717) is 27.2 Å². The van der Waals surface area contributed by atoms with E-state index in [1.54, 1.807) is 23.7 Å². The van der Waals surface area contributed by atoms with E-state index in [1.807, 2.05) is 0 Å². The number of halogens is 1. The molecule has 26 heavy (non-hydrogen) atoms. The molecule has 4 aromatic rings. The van der Waals surface area contributed by atoms with E-state index in [-0.39, 0.29) is 5.69 Å². The van der Waals surface area contributed by atoms with Gasteiger partial charge in [-0.3, -0.25) is 15.1 Å². The Kier molecular flexibility index (Phi) is 4.33. The highest BCUT2D eigenvalue weighted by molar-refractivity contribution is 7.14. The van der Waals surface area contributed by atoms with Gasteiger partial charge in [-0.1, -0.05) is 16.8 Å². The van der Waals surface area contributed by atoms with Gasteiger partial charge in [0.1, 0.15) is 17.7 Å². The maximum Gasteiger partial charge on any atom is 0.277 e. The van der Waals surface area contributed by atoms with Crippen molar-refractivity contribution in [2.75, 3.05) is 5.32 Å². The molecule has 0 saturated heterocycles. The van der Waals surface area contributed by atoms with Crippen LogP contribution in [0, 0.1) is 0 Å². The van der Waals surface area contributed by atoms with Crippen LogP contribution in [0.5, 0.6) is 0 Å². The Labute approximate surface area is 155 Å². The van der Waals surface area contributed by atoms with Gasteiger partial charge in [-0.2, -0.15) is 0 Å². The molecule has 0 aromatic carbocycles. The van der Waals surface area contributed by atoms with Crippen LogP contribution in [0.1, 0.15) is 10.5 Å². The summed E-state index contributed by atoms with van der Waals surface area (Å²) >= 11 is 7.12. The Balaban J connectivity index is 1.55. The number of pyridine rings is 1. The lowest BCUT2D eigenvalue weighted by atomic mass is 10.3. The summed E-state index contributed by atoms with van der Waals surface area (Å²) in [7, 11) is 0. The summed E-state index contributed by atoms with van der Waals surface area (Å²) in [6.07, 6.45) is 7.36. The van der Waals surface area contributed by atoms with Gasteiger partial charge >= 0.3 is 0 Å². The maximum absolute atomic E-state index is 12.5. The second-order valence-electron chi connectivity index (χ2n) is 4.98. The van der Waals surface area contributed by atoms with Gasteiger partial charge in [0.15, 0.2) is 10.8 Å². The Hall–Kier alpha value is -3.24. The van der Waals surface area contributed by atoms with Crippen LogP contribution in [0.25, 0.3) is 17.1 Å². The van der Waals surface area contributed by atoms with Crippen LogP contribution in [0.15, 0.2) is 48.6 Å². The molecule has 4 aromatic heterocycles. The Morgan fingerprint density at radius 2 is 1.96 bits per heavy atom. The highest BCUT2D eigenvalue weighted by atomic mass is 35.5. The summed E-state index contributed by atoms with van der Waals surface area (Å²) in [5, 5.41) is 13.2. The molecule has 0 spiro atoms. The first-order chi connectivity index (χ1) is 12.7. The fourth-order valence-electron chi connectivity index (χ4n) is 2.12. The summed E-state index contributed by atoms with van der Waals surface area (Å²) in [6, 6.07) is 3.49. The van der Waals surface area contributed by atoms with Gasteiger partial charge in [-0.05, 0) is 12.1 Å². The van der Waals surface area contributed by atoms with Gasteiger partial charge in [0.25, 0.3) is 5.91 Å². The van der Waals surface area contributed by atoms with Crippen molar-refractivity contribution < 1.29 is 4.79 Å². The fraction of sp³-hybridized carbons (Fsp3) is 0. The molecular weight excluding hydrogens is 376 g/mol. The summed E-state index contributed by atoms with van der Waals surface area (Å²) in [5.41, 5.74) is 2.07. The van der Waals surface area contributed by atoms with Gasteiger partial charge in [0, 0.05) is 11.6 Å². The molecule has 0 aliphatic rings. The topological polar surface area (TPSA) is 111 Å². The molecular formula is C15H9ClN8OS. The van der Waals surface area contributed by atoms with Crippen LogP contribution in [0.4, 0.5) is 5.13 Å². The molecule has 128 valence electrons. The summed E-state index contributed by atoms with van der Waals surface area (Å²) in [6.45, 7) is 0. The third kappa shape index (κ3) is 3.27. The van der Waals surface area contributed by atoms with Crippen LogP contribution in [-0.4, -0.2) is 40.8 Å². The average Bonchev–Trinajstić information content (AvgIpc) is 3.32. The van der Waals surface area contributed by atoms with E-state index in [0.717, 1.165) is 0 Å². The molecule has 1 amide bonds. The lowest BCUT2D eigenvalue weighted by molar-refractivity contribution is 0.101. The number of nitrogens with one attached hydrogen (secondary N) is 1. The molecule has 0 bridgehead atoms. The van der Waals surface area contributed by atoms with Crippen molar-refractivity contribution in [1.29, 1.82) is 0 Å². The quantitative estimate of drug-likeness (QED) is 0.575. The Morgan fingerprint density at radius 1 is 1.12 bits per heavy atom. The normalized spacial score (nSPS) is 10.7. The molecule has 4 heterocycles. The van der Waals surface area contributed by atoms with Crippen LogP contribution in [0.2, 0.25) is 5.02 Å². The predicted molar refractivity (Wildman–Crippen MR) is 95.3 cm³/mol. The average molecular weight is 385 g/mol. The van der Waals surface area contributed by atoms with Crippen molar-refractivity contribution in [2.45, 2.75) is 0 Å². The number of amides is 1. The number of hydrogen-bond donors (Lipinski definition) is 1. The predicted octanol–water partition coefficient (Wildman–Crippen LogP) is 2.48. The summed E-state index contributed by atoms with van der Waals surface area (Å²) in [5.74, 6) is -0.399. The third-order valence-electron chi connectivity index (χ3n) is 3.29. The van der Waals surface area contributed by atoms with Crippen molar-refractivity contribution in [3.05, 3.63) is 59.3 Å². The highest BCUT2D eigenvalue weighted by Gasteiger charge is 2.17. The minimum atomic E-state index is -0.399. The zero-order chi connectivity index (χ0) is 17.9. The minimum absolute atomic E-state index is 0.237. The third-order valence-corrected chi connectivity index (χ3v) is 4.27. The lowest BCUT2D eigenvalue weighted by Crippen LogP contribution is -2.17. The summed E-state index contributed by atoms with van der Waals surface area (Å²) in [4.78, 5) is 28.9. The fourth-order valence-corrected chi connectivity index (χ4v) is 2.93. The molecule has 0 fully saturated rings. The monoisotopic (exact) mass is 384 g/mol.